The summed E-state index contributed by atoms with van der Waals surface area (Å²) in [5.41, 5.74) is 0.948. The van der Waals surface area contributed by atoms with Crippen LogP contribution in [-0.4, -0.2) is 11.0 Å². The van der Waals surface area contributed by atoms with E-state index < -0.39 is 0 Å². The van der Waals surface area contributed by atoms with Gasteiger partial charge in [0.15, 0.2) is 0 Å². The highest BCUT2D eigenvalue weighted by Crippen LogP contribution is 2.22. The second-order valence-corrected chi connectivity index (χ2v) is 4.61. The lowest BCUT2D eigenvalue weighted by molar-refractivity contribution is 0.0932. The summed E-state index contributed by atoms with van der Waals surface area (Å²) in [6.45, 7) is 5.44. The molecule has 0 saturated heterocycles. The molecule has 0 fully saturated rings. The Morgan fingerprint density at radius 1 is 1.26 bits per heavy atom. The van der Waals surface area contributed by atoms with E-state index in [1.54, 1.807) is 25.1 Å². The number of carbonyl (C=O) groups excluding carboxylic acids is 1. The third-order valence-corrected chi connectivity index (χ3v) is 3.02. The molecule has 0 aliphatic rings. The molecule has 1 heterocycles. The van der Waals surface area contributed by atoms with E-state index in [-0.39, 0.29) is 23.3 Å². The van der Waals surface area contributed by atoms with Gasteiger partial charge in [-0.05, 0) is 44.5 Å². The van der Waals surface area contributed by atoms with Crippen molar-refractivity contribution < 1.29 is 14.3 Å². The fraction of sp³-hybridized carbons (Fsp3) is 0.267. The van der Waals surface area contributed by atoms with Gasteiger partial charge in [0.05, 0.1) is 11.6 Å². The highest BCUT2D eigenvalue weighted by Gasteiger charge is 2.17. The van der Waals surface area contributed by atoms with E-state index >= 15 is 0 Å². The first-order valence-corrected chi connectivity index (χ1v) is 6.15. The van der Waals surface area contributed by atoms with Crippen molar-refractivity contribution in [2.75, 3.05) is 0 Å². The molecule has 19 heavy (non-hydrogen) atoms. The lowest BCUT2D eigenvalue weighted by Gasteiger charge is -2.13. The molecule has 100 valence electrons. The number of phenolic OH excluding ortho intramolecular Hbond substituents is 1. The van der Waals surface area contributed by atoms with Crippen molar-refractivity contribution in [2.24, 2.45) is 0 Å². The number of hydrogen-bond donors (Lipinski definition) is 2. The Kier molecular flexibility index (Phi) is 3.60. The van der Waals surface area contributed by atoms with E-state index in [0.29, 0.717) is 11.3 Å². The van der Waals surface area contributed by atoms with Crippen molar-refractivity contribution in [1.82, 2.24) is 5.32 Å². The first-order valence-electron chi connectivity index (χ1n) is 6.15. The molecule has 0 bridgehead atoms. The van der Waals surface area contributed by atoms with E-state index in [4.69, 9.17) is 4.42 Å². The summed E-state index contributed by atoms with van der Waals surface area (Å²) in [6, 6.07) is 8.52. The van der Waals surface area contributed by atoms with Crippen molar-refractivity contribution in [1.29, 1.82) is 0 Å². The molecule has 4 nitrogen and oxygen atoms in total. The molecule has 0 aliphatic carbocycles. The lowest BCUT2D eigenvalue weighted by Crippen LogP contribution is -2.26. The molecule has 1 aromatic carbocycles. The van der Waals surface area contributed by atoms with Gasteiger partial charge in [0, 0.05) is 0 Å². The van der Waals surface area contributed by atoms with Gasteiger partial charge in [-0.1, -0.05) is 12.1 Å². The van der Waals surface area contributed by atoms with Crippen LogP contribution in [0.25, 0.3) is 0 Å². The predicted octanol–water partition coefficient (Wildman–Crippen LogP) is 3.09. The first-order chi connectivity index (χ1) is 8.99. The molecule has 1 unspecified atom stereocenters. The smallest absolute Gasteiger partial charge is 0.255 e. The van der Waals surface area contributed by atoms with E-state index in [0.717, 1.165) is 5.76 Å². The van der Waals surface area contributed by atoms with Gasteiger partial charge in [-0.15, -0.1) is 0 Å². The number of furan rings is 1. The van der Waals surface area contributed by atoms with Crippen molar-refractivity contribution in [3.05, 3.63) is 53.0 Å². The second-order valence-electron chi connectivity index (χ2n) is 4.61. The van der Waals surface area contributed by atoms with Crippen LogP contribution in [0.4, 0.5) is 0 Å². The Hall–Kier alpha value is -2.23. The summed E-state index contributed by atoms with van der Waals surface area (Å²) in [6.07, 6.45) is 0. The van der Waals surface area contributed by atoms with Gasteiger partial charge in [0.1, 0.15) is 17.3 Å². The Morgan fingerprint density at radius 2 is 2.00 bits per heavy atom. The molecule has 0 aliphatic heterocycles. The molecule has 0 saturated carbocycles. The zero-order chi connectivity index (χ0) is 14.0. The summed E-state index contributed by atoms with van der Waals surface area (Å²) in [5.74, 6) is 1.19. The first kappa shape index (κ1) is 13.2. The van der Waals surface area contributed by atoms with E-state index in [2.05, 4.69) is 5.32 Å². The average molecular weight is 259 g/mol. The van der Waals surface area contributed by atoms with Gasteiger partial charge in [-0.25, -0.2) is 0 Å². The third-order valence-electron chi connectivity index (χ3n) is 3.02. The standard InChI is InChI=1S/C15H17NO3/c1-9-5-4-6-12(14(9)17)15(18)16-11(3)13-8-7-10(2)19-13/h4-8,11,17H,1-3H3,(H,16,18). The lowest BCUT2D eigenvalue weighted by atomic mass is 10.1. The summed E-state index contributed by atoms with van der Waals surface area (Å²) < 4.78 is 5.46. The molecule has 4 heteroatoms. The monoisotopic (exact) mass is 259 g/mol. The average Bonchev–Trinajstić information content (AvgIpc) is 2.79. The third kappa shape index (κ3) is 2.78. The number of amides is 1. The van der Waals surface area contributed by atoms with Gasteiger partial charge >= 0.3 is 0 Å². The SMILES string of the molecule is Cc1ccc(C(C)NC(=O)c2cccc(C)c2O)o1. The molecule has 0 spiro atoms. The summed E-state index contributed by atoms with van der Waals surface area (Å²) in [4.78, 5) is 12.1. The minimum absolute atomic E-state index is 0.0165. The van der Waals surface area contributed by atoms with Gasteiger partial charge in [-0.3, -0.25) is 4.79 Å². The van der Waals surface area contributed by atoms with Crippen LogP contribution in [0.2, 0.25) is 0 Å². The van der Waals surface area contributed by atoms with Crippen molar-refractivity contribution >= 4 is 5.91 Å². The molecule has 1 amide bonds. The number of benzene rings is 1. The number of aryl methyl sites for hydroxylation is 2. The highest BCUT2D eigenvalue weighted by atomic mass is 16.3. The molecule has 1 atom stereocenters. The van der Waals surface area contributed by atoms with Gasteiger partial charge in [0.2, 0.25) is 0 Å². The minimum Gasteiger partial charge on any atom is -0.507 e. The van der Waals surface area contributed by atoms with Crippen molar-refractivity contribution in [3.63, 3.8) is 0 Å². The molecule has 2 aromatic rings. The number of hydrogen-bond acceptors (Lipinski definition) is 3. The van der Waals surface area contributed by atoms with E-state index in [9.17, 15) is 9.90 Å². The maximum Gasteiger partial charge on any atom is 0.255 e. The largest absolute Gasteiger partial charge is 0.507 e. The minimum atomic E-state index is -0.317. The predicted molar refractivity (Wildman–Crippen MR) is 72.2 cm³/mol. The molecule has 0 radical (unpaired) electrons. The number of para-hydroxylation sites is 1. The Labute approximate surface area is 112 Å². The van der Waals surface area contributed by atoms with Crippen LogP contribution in [0.3, 0.4) is 0 Å². The Morgan fingerprint density at radius 3 is 2.63 bits per heavy atom. The number of carbonyl (C=O) groups is 1. The van der Waals surface area contributed by atoms with E-state index in [1.807, 2.05) is 26.0 Å². The number of rotatable bonds is 3. The van der Waals surface area contributed by atoms with Crippen LogP contribution >= 0.6 is 0 Å². The maximum atomic E-state index is 12.1. The van der Waals surface area contributed by atoms with Gasteiger partial charge in [0.25, 0.3) is 5.91 Å². The van der Waals surface area contributed by atoms with Crippen LogP contribution in [-0.2, 0) is 0 Å². The molecular weight excluding hydrogens is 242 g/mol. The quantitative estimate of drug-likeness (QED) is 0.890. The number of phenols is 1. The van der Waals surface area contributed by atoms with Crippen LogP contribution < -0.4 is 5.32 Å². The van der Waals surface area contributed by atoms with Crippen LogP contribution in [0.5, 0.6) is 5.75 Å². The molecule has 2 N–H and O–H groups in total. The Bertz CT molecular complexity index is 601. The van der Waals surface area contributed by atoms with Gasteiger partial charge in [-0.2, -0.15) is 0 Å². The molecule has 1 aromatic heterocycles. The number of aromatic hydroxyl groups is 1. The number of nitrogens with one attached hydrogen (secondary N) is 1. The summed E-state index contributed by atoms with van der Waals surface area (Å²) in [5, 5.41) is 12.7. The van der Waals surface area contributed by atoms with Crippen LogP contribution in [0.1, 0.15) is 40.4 Å². The van der Waals surface area contributed by atoms with Crippen molar-refractivity contribution in [2.45, 2.75) is 26.8 Å². The second kappa shape index (κ2) is 5.18. The van der Waals surface area contributed by atoms with Gasteiger partial charge < -0.3 is 14.8 Å². The summed E-state index contributed by atoms with van der Waals surface area (Å²) in [7, 11) is 0. The van der Waals surface area contributed by atoms with Crippen LogP contribution in [0, 0.1) is 13.8 Å². The van der Waals surface area contributed by atoms with Crippen molar-refractivity contribution in [3.8, 4) is 5.75 Å². The summed E-state index contributed by atoms with van der Waals surface area (Å²) >= 11 is 0. The Balaban J connectivity index is 2.15. The fourth-order valence-corrected chi connectivity index (χ4v) is 1.87. The fourth-order valence-electron chi connectivity index (χ4n) is 1.87. The van der Waals surface area contributed by atoms with E-state index in [1.165, 1.54) is 0 Å². The normalized spacial score (nSPS) is 12.2. The topological polar surface area (TPSA) is 62.5 Å². The zero-order valence-corrected chi connectivity index (χ0v) is 11.2. The molecule has 2 rings (SSSR count). The maximum absolute atomic E-state index is 12.1. The van der Waals surface area contributed by atoms with Crippen LogP contribution in [0.15, 0.2) is 34.7 Å². The molecular formula is C15H17NO3. The zero-order valence-electron chi connectivity index (χ0n) is 11.2. The highest BCUT2D eigenvalue weighted by molar-refractivity contribution is 5.97.